The Labute approximate surface area is 116 Å². The summed E-state index contributed by atoms with van der Waals surface area (Å²) in [5.41, 5.74) is 2.78. The minimum absolute atomic E-state index is 0.443. The van der Waals surface area contributed by atoms with E-state index in [0.29, 0.717) is 12.1 Å². The van der Waals surface area contributed by atoms with Crippen molar-refractivity contribution in [2.24, 2.45) is 0 Å². The number of fused-ring (bicyclic) bond motifs is 1. The van der Waals surface area contributed by atoms with Gasteiger partial charge in [0.25, 0.3) is 0 Å². The van der Waals surface area contributed by atoms with Crippen LogP contribution in [0.4, 0.5) is 0 Å². The molecule has 2 unspecified atom stereocenters. The van der Waals surface area contributed by atoms with Crippen molar-refractivity contribution in [3.63, 3.8) is 0 Å². The van der Waals surface area contributed by atoms with Crippen LogP contribution in [0.2, 0.25) is 0 Å². The number of methoxy groups -OCH3 is 2. The lowest BCUT2D eigenvalue weighted by molar-refractivity contribution is 0.131. The Bertz CT molecular complexity index is 445. The van der Waals surface area contributed by atoms with Crippen LogP contribution in [0.3, 0.4) is 0 Å². The lowest BCUT2D eigenvalue weighted by Crippen LogP contribution is -2.42. The zero-order valence-corrected chi connectivity index (χ0v) is 12.7. The summed E-state index contributed by atoms with van der Waals surface area (Å²) >= 11 is 0. The minimum Gasteiger partial charge on any atom is -0.493 e. The van der Waals surface area contributed by atoms with E-state index < -0.39 is 0 Å². The first-order valence-electron chi connectivity index (χ1n) is 7.16. The molecular weight excluding hydrogens is 238 g/mol. The fourth-order valence-electron chi connectivity index (χ4n) is 3.28. The number of rotatable bonds is 4. The van der Waals surface area contributed by atoms with Crippen molar-refractivity contribution in [2.45, 2.75) is 45.7 Å². The third-order valence-electron chi connectivity index (χ3n) is 4.35. The molecule has 0 spiro atoms. The summed E-state index contributed by atoms with van der Waals surface area (Å²) in [5.74, 6) is 1.67. The van der Waals surface area contributed by atoms with Crippen molar-refractivity contribution < 1.29 is 9.47 Å². The van der Waals surface area contributed by atoms with E-state index in [1.165, 1.54) is 17.5 Å². The first-order valence-corrected chi connectivity index (χ1v) is 7.16. The molecule has 3 nitrogen and oxygen atoms in total. The number of hydrogen-bond acceptors (Lipinski definition) is 3. The molecule has 1 aliphatic rings. The summed E-state index contributed by atoms with van der Waals surface area (Å²) in [7, 11) is 3.40. The van der Waals surface area contributed by atoms with E-state index in [2.05, 4.69) is 37.8 Å². The monoisotopic (exact) mass is 263 g/mol. The van der Waals surface area contributed by atoms with Crippen molar-refractivity contribution in [3.05, 3.63) is 23.3 Å². The van der Waals surface area contributed by atoms with Gasteiger partial charge in [-0.15, -0.1) is 0 Å². The van der Waals surface area contributed by atoms with Gasteiger partial charge in [0, 0.05) is 12.1 Å². The Morgan fingerprint density at radius 3 is 2.32 bits per heavy atom. The summed E-state index contributed by atoms with van der Waals surface area (Å²) in [5, 5.41) is 0. The standard InChI is InChI=1S/C16H25NO2/c1-6-13-8-12-9-15(18-4)16(19-5)10-14(12)11(3)17(13)7-2/h9-11,13H,6-8H2,1-5H3. The molecule has 0 fully saturated rings. The number of ether oxygens (including phenoxy) is 2. The quantitative estimate of drug-likeness (QED) is 0.831. The number of benzene rings is 1. The van der Waals surface area contributed by atoms with Crippen molar-refractivity contribution in [1.29, 1.82) is 0 Å². The molecule has 19 heavy (non-hydrogen) atoms. The predicted molar refractivity (Wildman–Crippen MR) is 78.1 cm³/mol. The molecule has 1 aromatic carbocycles. The summed E-state index contributed by atoms with van der Waals surface area (Å²) in [4.78, 5) is 2.58. The topological polar surface area (TPSA) is 21.7 Å². The Kier molecular flexibility index (Phi) is 4.35. The van der Waals surface area contributed by atoms with E-state index in [1.807, 2.05) is 0 Å². The SMILES string of the molecule is CCC1Cc2cc(OC)c(OC)cc2C(C)N1CC. The molecular formula is C16H25NO2. The molecule has 0 amide bonds. The fourth-order valence-corrected chi connectivity index (χ4v) is 3.28. The Balaban J connectivity index is 2.46. The largest absolute Gasteiger partial charge is 0.493 e. The van der Waals surface area contributed by atoms with Crippen LogP contribution in [-0.4, -0.2) is 31.7 Å². The molecule has 0 radical (unpaired) electrons. The Hall–Kier alpha value is -1.22. The molecule has 2 rings (SSSR count). The second-order valence-electron chi connectivity index (χ2n) is 5.18. The van der Waals surface area contributed by atoms with Gasteiger partial charge in [-0.05, 0) is 49.6 Å². The molecule has 1 aromatic rings. The molecule has 0 saturated heterocycles. The Morgan fingerprint density at radius 1 is 1.16 bits per heavy atom. The van der Waals surface area contributed by atoms with Crippen molar-refractivity contribution in [1.82, 2.24) is 4.90 Å². The second kappa shape index (κ2) is 5.83. The highest BCUT2D eigenvalue weighted by Crippen LogP contribution is 2.40. The average Bonchev–Trinajstić information content (AvgIpc) is 2.45. The zero-order chi connectivity index (χ0) is 14.0. The summed E-state index contributed by atoms with van der Waals surface area (Å²) in [6.45, 7) is 7.89. The highest BCUT2D eigenvalue weighted by atomic mass is 16.5. The van der Waals surface area contributed by atoms with Crippen LogP contribution >= 0.6 is 0 Å². The molecule has 106 valence electrons. The fraction of sp³-hybridized carbons (Fsp3) is 0.625. The van der Waals surface area contributed by atoms with Gasteiger partial charge in [0.05, 0.1) is 14.2 Å². The first-order chi connectivity index (χ1) is 9.15. The highest BCUT2D eigenvalue weighted by molar-refractivity contribution is 5.49. The molecule has 0 saturated carbocycles. The predicted octanol–water partition coefficient (Wildman–Crippen LogP) is 3.42. The summed E-state index contributed by atoms with van der Waals surface area (Å²) in [6.07, 6.45) is 2.29. The van der Waals surface area contributed by atoms with Gasteiger partial charge in [-0.3, -0.25) is 4.90 Å². The van der Waals surface area contributed by atoms with Gasteiger partial charge in [-0.25, -0.2) is 0 Å². The number of nitrogens with zero attached hydrogens (tertiary/aromatic N) is 1. The van der Waals surface area contributed by atoms with Crippen LogP contribution in [0.5, 0.6) is 11.5 Å². The number of hydrogen-bond donors (Lipinski definition) is 0. The average molecular weight is 263 g/mol. The molecule has 0 aromatic heterocycles. The molecule has 1 heterocycles. The van der Waals surface area contributed by atoms with Crippen LogP contribution in [-0.2, 0) is 6.42 Å². The second-order valence-corrected chi connectivity index (χ2v) is 5.18. The van der Waals surface area contributed by atoms with Crippen LogP contribution in [0.25, 0.3) is 0 Å². The lowest BCUT2D eigenvalue weighted by atomic mass is 9.87. The molecule has 1 aliphatic heterocycles. The maximum absolute atomic E-state index is 5.43. The maximum atomic E-state index is 5.43. The highest BCUT2D eigenvalue weighted by Gasteiger charge is 2.30. The minimum atomic E-state index is 0.443. The van der Waals surface area contributed by atoms with E-state index in [0.717, 1.165) is 24.5 Å². The van der Waals surface area contributed by atoms with Gasteiger partial charge in [-0.1, -0.05) is 13.8 Å². The summed E-state index contributed by atoms with van der Waals surface area (Å²) in [6, 6.07) is 5.37. The molecule has 0 N–H and O–H groups in total. The van der Waals surface area contributed by atoms with Crippen LogP contribution in [0.1, 0.15) is 44.4 Å². The van der Waals surface area contributed by atoms with E-state index in [4.69, 9.17) is 9.47 Å². The molecule has 0 bridgehead atoms. The maximum Gasteiger partial charge on any atom is 0.161 e. The van der Waals surface area contributed by atoms with Gasteiger partial charge < -0.3 is 9.47 Å². The van der Waals surface area contributed by atoms with E-state index >= 15 is 0 Å². The van der Waals surface area contributed by atoms with E-state index in [9.17, 15) is 0 Å². The Morgan fingerprint density at radius 2 is 1.79 bits per heavy atom. The lowest BCUT2D eigenvalue weighted by Gasteiger charge is -2.41. The molecule has 0 aliphatic carbocycles. The summed E-state index contributed by atoms with van der Waals surface area (Å²) < 4.78 is 10.9. The molecule has 3 heteroatoms. The number of likely N-dealkylation sites (N-methyl/N-ethyl adjacent to an activating group) is 1. The van der Waals surface area contributed by atoms with Crippen LogP contribution in [0, 0.1) is 0 Å². The first kappa shape index (κ1) is 14.2. The van der Waals surface area contributed by atoms with Gasteiger partial charge in [0.1, 0.15) is 0 Å². The van der Waals surface area contributed by atoms with Crippen LogP contribution < -0.4 is 9.47 Å². The van der Waals surface area contributed by atoms with Crippen molar-refractivity contribution in [2.75, 3.05) is 20.8 Å². The smallest absolute Gasteiger partial charge is 0.161 e. The van der Waals surface area contributed by atoms with E-state index in [1.54, 1.807) is 14.2 Å². The van der Waals surface area contributed by atoms with Crippen LogP contribution in [0.15, 0.2) is 12.1 Å². The third kappa shape index (κ3) is 2.44. The molecule has 2 atom stereocenters. The van der Waals surface area contributed by atoms with Gasteiger partial charge >= 0.3 is 0 Å². The zero-order valence-electron chi connectivity index (χ0n) is 12.7. The van der Waals surface area contributed by atoms with Crippen molar-refractivity contribution >= 4 is 0 Å². The van der Waals surface area contributed by atoms with Gasteiger partial charge in [-0.2, -0.15) is 0 Å². The van der Waals surface area contributed by atoms with Gasteiger partial charge in [0.2, 0.25) is 0 Å². The van der Waals surface area contributed by atoms with Gasteiger partial charge in [0.15, 0.2) is 11.5 Å². The normalized spacial score (nSPS) is 23.0. The van der Waals surface area contributed by atoms with E-state index in [-0.39, 0.29) is 0 Å². The van der Waals surface area contributed by atoms with Crippen molar-refractivity contribution in [3.8, 4) is 11.5 Å². The third-order valence-corrected chi connectivity index (χ3v) is 4.35.